The Morgan fingerprint density at radius 2 is 1.88 bits per heavy atom. The number of pyridine rings is 1. The molecule has 0 saturated carbocycles. The number of methoxy groups -OCH3 is 1. The monoisotopic (exact) mass is 352 g/mol. The second-order valence-corrected chi connectivity index (χ2v) is 6.48. The molecule has 8 heteroatoms. The highest BCUT2D eigenvalue weighted by Crippen LogP contribution is 2.38. The molecular weight excluding hydrogens is 332 g/mol. The van der Waals surface area contributed by atoms with Crippen LogP contribution >= 0.6 is 0 Å². The van der Waals surface area contributed by atoms with Gasteiger partial charge in [-0.3, -0.25) is 0 Å². The third-order valence-electron chi connectivity index (χ3n) is 4.40. The molecule has 4 heterocycles. The molecule has 0 spiro atoms. The molecule has 4 aromatic rings. The summed E-state index contributed by atoms with van der Waals surface area (Å²) in [4.78, 5) is 19.2. The number of H-pyrrole nitrogens is 1. The van der Waals surface area contributed by atoms with Crippen LogP contribution in [-0.4, -0.2) is 46.3 Å². The Bertz CT molecular complexity index is 1120. The largest absolute Gasteiger partial charge is 0.481 e. The zero-order valence-corrected chi connectivity index (χ0v) is 15.6. The lowest BCUT2D eigenvalue weighted by atomic mass is 10.0. The summed E-state index contributed by atoms with van der Waals surface area (Å²) in [5.41, 5.74) is 4.91. The van der Waals surface area contributed by atoms with Gasteiger partial charge in [-0.15, -0.1) is 0 Å². The highest BCUT2D eigenvalue weighted by Gasteiger charge is 2.22. The first kappa shape index (κ1) is 16.3. The van der Waals surface area contributed by atoms with E-state index in [9.17, 15) is 0 Å². The summed E-state index contributed by atoms with van der Waals surface area (Å²) in [7, 11) is 5.52. The number of ether oxygens (including phenoxy) is 1. The van der Waals surface area contributed by atoms with E-state index >= 15 is 0 Å². The van der Waals surface area contributed by atoms with Gasteiger partial charge in [0.15, 0.2) is 0 Å². The Balaban J connectivity index is 2.10. The number of aromatic nitrogens is 5. The standard InChI is InChI=1S/C18H20N6O2/c1-8-13(9(2)26-23-8)11-7-12-15(22-18(11)25-6)14-16(21-12)19-10(3)20-17(14)24(4)5/h7H,1-6H3,(H,19,20,21). The first-order chi connectivity index (χ1) is 12.4. The molecular formula is C18H20N6O2. The minimum atomic E-state index is 0.512. The molecule has 0 saturated heterocycles. The predicted octanol–water partition coefficient (Wildman–Crippen LogP) is 3.16. The second-order valence-electron chi connectivity index (χ2n) is 6.48. The van der Waals surface area contributed by atoms with E-state index in [1.165, 1.54) is 0 Å². The van der Waals surface area contributed by atoms with Crippen molar-refractivity contribution < 1.29 is 9.26 Å². The van der Waals surface area contributed by atoms with E-state index in [1.54, 1.807) is 7.11 Å². The highest BCUT2D eigenvalue weighted by atomic mass is 16.5. The van der Waals surface area contributed by atoms with Gasteiger partial charge in [-0.1, -0.05) is 5.16 Å². The van der Waals surface area contributed by atoms with Crippen molar-refractivity contribution in [3.8, 4) is 17.0 Å². The fourth-order valence-corrected chi connectivity index (χ4v) is 3.30. The number of aryl methyl sites for hydroxylation is 3. The van der Waals surface area contributed by atoms with Gasteiger partial charge in [-0.2, -0.15) is 0 Å². The predicted molar refractivity (Wildman–Crippen MR) is 99.8 cm³/mol. The van der Waals surface area contributed by atoms with Crippen LogP contribution in [-0.2, 0) is 0 Å². The lowest BCUT2D eigenvalue weighted by molar-refractivity contribution is 0.392. The Morgan fingerprint density at radius 1 is 1.12 bits per heavy atom. The third kappa shape index (κ3) is 2.29. The minimum absolute atomic E-state index is 0.512. The van der Waals surface area contributed by atoms with E-state index < -0.39 is 0 Å². The number of fused-ring (bicyclic) bond motifs is 3. The molecule has 0 aliphatic heterocycles. The van der Waals surface area contributed by atoms with Crippen molar-refractivity contribution in [2.75, 3.05) is 26.1 Å². The van der Waals surface area contributed by atoms with Gasteiger partial charge in [0.25, 0.3) is 0 Å². The first-order valence-corrected chi connectivity index (χ1v) is 8.26. The number of hydrogen-bond donors (Lipinski definition) is 1. The van der Waals surface area contributed by atoms with Crippen LogP contribution in [0.4, 0.5) is 5.82 Å². The fourth-order valence-electron chi connectivity index (χ4n) is 3.30. The van der Waals surface area contributed by atoms with Crippen LogP contribution in [0, 0.1) is 20.8 Å². The Hall–Kier alpha value is -3.16. The molecule has 1 N–H and O–H groups in total. The van der Waals surface area contributed by atoms with Gasteiger partial charge in [0, 0.05) is 14.1 Å². The van der Waals surface area contributed by atoms with E-state index in [1.807, 2.05) is 45.8 Å². The van der Waals surface area contributed by atoms with E-state index in [0.29, 0.717) is 11.7 Å². The number of anilines is 1. The van der Waals surface area contributed by atoms with Crippen LogP contribution in [0.1, 0.15) is 17.3 Å². The van der Waals surface area contributed by atoms with Gasteiger partial charge in [-0.05, 0) is 26.8 Å². The molecule has 0 atom stereocenters. The van der Waals surface area contributed by atoms with Crippen molar-refractivity contribution in [3.63, 3.8) is 0 Å². The van der Waals surface area contributed by atoms with Gasteiger partial charge in [0.2, 0.25) is 5.88 Å². The Kier molecular flexibility index (Phi) is 3.57. The lowest BCUT2D eigenvalue weighted by Crippen LogP contribution is -2.12. The maximum atomic E-state index is 5.58. The van der Waals surface area contributed by atoms with E-state index in [0.717, 1.165) is 50.5 Å². The summed E-state index contributed by atoms with van der Waals surface area (Å²) >= 11 is 0. The molecule has 0 radical (unpaired) electrons. The first-order valence-electron chi connectivity index (χ1n) is 8.26. The Morgan fingerprint density at radius 3 is 2.50 bits per heavy atom. The topological polar surface area (TPSA) is 93.0 Å². The van der Waals surface area contributed by atoms with Gasteiger partial charge in [0.05, 0.1) is 34.8 Å². The Labute approximate surface area is 150 Å². The van der Waals surface area contributed by atoms with E-state index in [4.69, 9.17) is 14.2 Å². The van der Waals surface area contributed by atoms with Crippen LogP contribution in [0.2, 0.25) is 0 Å². The van der Waals surface area contributed by atoms with E-state index in [2.05, 4.69) is 20.1 Å². The lowest BCUT2D eigenvalue weighted by Gasteiger charge is -2.13. The smallest absolute Gasteiger partial charge is 0.221 e. The zero-order valence-electron chi connectivity index (χ0n) is 15.6. The quantitative estimate of drug-likeness (QED) is 0.605. The maximum Gasteiger partial charge on any atom is 0.221 e. The van der Waals surface area contributed by atoms with Gasteiger partial charge in [-0.25, -0.2) is 15.0 Å². The average Bonchev–Trinajstić information content (AvgIpc) is 3.11. The molecule has 0 fully saturated rings. The number of hydrogen-bond acceptors (Lipinski definition) is 7. The fraction of sp³-hybridized carbons (Fsp3) is 0.333. The molecule has 0 unspecified atom stereocenters. The van der Waals surface area contributed by atoms with Crippen LogP contribution in [0.3, 0.4) is 0 Å². The van der Waals surface area contributed by atoms with Crippen molar-refractivity contribution in [2.24, 2.45) is 0 Å². The number of rotatable bonds is 3. The number of nitrogens with one attached hydrogen (secondary N) is 1. The molecule has 4 rings (SSSR count). The van der Waals surface area contributed by atoms with Crippen LogP contribution in [0.5, 0.6) is 5.88 Å². The van der Waals surface area contributed by atoms with E-state index in [-0.39, 0.29) is 0 Å². The molecule has 0 amide bonds. The molecule has 0 aliphatic carbocycles. The van der Waals surface area contributed by atoms with Crippen LogP contribution < -0.4 is 9.64 Å². The normalized spacial score (nSPS) is 11.5. The molecule has 0 aliphatic rings. The SMILES string of the molecule is COc1nc2c(cc1-c1c(C)noc1C)[nH]c1nc(C)nc(N(C)C)c12. The van der Waals surface area contributed by atoms with Crippen molar-refractivity contribution in [1.29, 1.82) is 0 Å². The van der Waals surface area contributed by atoms with Crippen molar-refractivity contribution in [2.45, 2.75) is 20.8 Å². The number of aromatic amines is 1. The van der Waals surface area contributed by atoms with Crippen molar-refractivity contribution in [1.82, 2.24) is 25.1 Å². The average molecular weight is 352 g/mol. The molecule has 8 nitrogen and oxygen atoms in total. The summed E-state index contributed by atoms with van der Waals surface area (Å²) in [5, 5.41) is 4.92. The summed E-state index contributed by atoms with van der Waals surface area (Å²) in [6.07, 6.45) is 0. The molecule has 0 aromatic carbocycles. The van der Waals surface area contributed by atoms with Crippen LogP contribution in [0.15, 0.2) is 10.6 Å². The minimum Gasteiger partial charge on any atom is -0.481 e. The number of nitrogens with zero attached hydrogens (tertiary/aromatic N) is 5. The molecule has 26 heavy (non-hydrogen) atoms. The highest BCUT2D eigenvalue weighted by molar-refractivity contribution is 6.10. The summed E-state index contributed by atoms with van der Waals surface area (Å²) < 4.78 is 10.9. The second kappa shape index (κ2) is 5.69. The summed E-state index contributed by atoms with van der Waals surface area (Å²) in [6, 6.07) is 2.00. The van der Waals surface area contributed by atoms with Gasteiger partial charge < -0.3 is 19.1 Å². The molecule has 4 aromatic heterocycles. The summed E-state index contributed by atoms with van der Waals surface area (Å²) in [5.74, 6) is 2.75. The molecule has 134 valence electrons. The van der Waals surface area contributed by atoms with Gasteiger partial charge in [0.1, 0.15) is 28.6 Å². The van der Waals surface area contributed by atoms with Crippen molar-refractivity contribution >= 4 is 27.9 Å². The maximum absolute atomic E-state index is 5.58. The third-order valence-corrected chi connectivity index (χ3v) is 4.40. The molecule has 0 bridgehead atoms. The summed E-state index contributed by atoms with van der Waals surface area (Å²) in [6.45, 7) is 5.66. The zero-order chi connectivity index (χ0) is 18.6. The van der Waals surface area contributed by atoms with Crippen molar-refractivity contribution in [3.05, 3.63) is 23.3 Å². The van der Waals surface area contributed by atoms with Gasteiger partial charge >= 0.3 is 0 Å². The van der Waals surface area contributed by atoms with Crippen LogP contribution in [0.25, 0.3) is 33.2 Å².